The van der Waals surface area contributed by atoms with Gasteiger partial charge >= 0.3 is 0 Å². The topological polar surface area (TPSA) is 174 Å². The van der Waals surface area contributed by atoms with Crippen LogP contribution in [-0.4, -0.2) is 66.4 Å². The first-order valence-corrected chi connectivity index (χ1v) is 18.4. The van der Waals surface area contributed by atoms with E-state index in [1.807, 2.05) is 25.1 Å². The Hall–Kier alpha value is -5.13. The zero-order valence-electron chi connectivity index (χ0n) is 28.9. The molecule has 1 amide bonds. The number of nitrogens with zero attached hydrogens (tertiary/aromatic N) is 8. The number of rotatable bonds is 8. The fourth-order valence-electron chi connectivity index (χ4n) is 8.27. The van der Waals surface area contributed by atoms with E-state index in [0.717, 1.165) is 80.4 Å². The molecule has 8 rings (SSSR count). The van der Waals surface area contributed by atoms with Gasteiger partial charge in [0.2, 0.25) is 17.5 Å². The number of aryl methyl sites for hydroxylation is 1. The van der Waals surface area contributed by atoms with Crippen LogP contribution in [0, 0.1) is 11.3 Å². The van der Waals surface area contributed by atoms with Crippen LogP contribution >= 0.6 is 11.3 Å². The van der Waals surface area contributed by atoms with Crippen molar-refractivity contribution in [3.05, 3.63) is 81.4 Å². The number of fused-ring (bicyclic) bond motifs is 4. The largest absolute Gasteiger partial charge is 0.473 e. The number of likely N-dealkylation sites (tertiary alicyclic amines) is 1. The molecule has 3 N–H and O–H groups in total. The van der Waals surface area contributed by atoms with Crippen LogP contribution in [0.1, 0.15) is 102 Å². The summed E-state index contributed by atoms with van der Waals surface area (Å²) in [4.78, 5) is 30.9. The van der Waals surface area contributed by atoms with E-state index >= 15 is 0 Å². The third-order valence-corrected chi connectivity index (χ3v) is 11.8. The van der Waals surface area contributed by atoms with Crippen molar-refractivity contribution in [2.45, 2.75) is 88.8 Å². The molecule has 6 heterocycles. The Morgan fingerprint density at radius 1 is 1.20 bits per heavy atom. The molecule has 3 aliphatic rings. The molecule has 0 radical (unpaired) electrons. The summed E-state index contributed by atoms with van der Waals surface area (Å²) in [5, 5.41) is 23.0. The summed E-state index contributed by atoms with van der Waals surface area (Å²) in [7, 11) is 2.12. The summed E-state index contributed by atoms with van der Waals surface area (Å²) in [5.41, 5.74) is 10.3. The van der Waals surface area contributed by atoms with E-state index in [0.29, 0.717) is 33.8 Å². The zero-order valence-corrected chi connectivity index (χ0v) is 29.7. The second-order valence-electron chi connectivity index (χ2n) is 13.9. The van der Waals surface area contributed by atoms with Crippen LogP contribution in [0.5, 0.6) is 5.88 Å². The van der Waals surface area contributed by atoms with Gasteiger partial charge in [-0.25, -0.2) is 9.67 Å². The van der Waals surface area contributed by atoms with Gasteiger partial charge in [-0.15, -0.1) is 11.3 Å². The summed E-state index contributed by atoms with van der Waals surface area (Å²) < 4.78 is 14.3. The number of carbonyl (C=O) groups is 1. The molecule has 14 heteroatoms. The standard InChI is InChI=1S/C37H40N10O3S/c1-21(25-10-4-5-16-40-25)41-36(48)26-13-18-47(44-26)29-19-30(49-22(2)27-11-8-17-46(27)3)43-35(42-29)32-23-9-6-14-37(33(23)45-50-32)15-7-12-28-31(37)24(20-38)34(39)51-28/h4-5,10,13,16,18-19,21-22,27H,6-9,11-12,14-15,17,39H2,1-3H3,(H,41,48)/t21-,22-,27-,37-/m0/s1. The lowest BCUT2D eigenvalue weighted by molar-refractivity contribution is 0.0933. The Morgan fingerprint density at radius 3 is 2.80 bits per heavy atom. The number of carbonyl (C=O) groups excluding carboxylic acids is 1. The Balaban J connectivity index is 1.17. The van der Waals surface area contributed by atoms with Gasteiger partial charge < -0.3 is 20.3 Å². The van der Waals surface area contributed by atoms with E-state index in [4.69, 9.17) is 30.1 Å². The monoisotopic (exact) mass is 704 g/mol. The maximum Gasteiger partial charge on any atom is 0.272 e. The van der Waals surface area contributed by atoms with Crippen molar-refractivity contribution in [2.75, 3.05) is 19.3 Å². The second-order valence-corrected chi connectivity index (χ2v) is 15.0. The van der Waals surface area contributed by atoms with Crippen LogP contribution in [0.3, 0.4) is 0 Å². The van der Waals surface area contributed by atoms with Crippen LogP contribution in [0.4, 0.5) is 5.00 Å². The van der Waals surface area contributed by atoms with Gasteiger partial charge in [0.15, 0.2) is 11.5 Å². The molecule has 0 unspecified atom stereocenters. The second kappa shape index (κ2) is 13.2. The van der Waals surface area contributed by atoms with Gasteiger partial charge in [0.25, 0.3) is 5.91 Å². The minimum absolute atomic E-state index is 0.138. The number of anilines is 1. The third kappa shape index (κ3) is 5.84. The summed E-state index contributed by atoms with van der Waals surface area (Å²) in [6.07, 6.45) is 10.6. The first kappa shape index (κ1) is 33.0. The van der Waals surface area contributed by atoms with Gasteiger partial charge in [0.1, 0.15) is 17.2 Å². The maximum atomic E-state index is 13.2. The Bertz CT molecular complexity index is 2130. The molecule has 0 bridgehead atoms. The summed E-state index contributed by atoms with van der Waals surface area (Å²) in [5.74, 6) is 1.27. The van der Waals surface area contributed by atoms with Crippen molar-refractivity contribution in [3.8, 4) is 29.4 Å². The van der Waals surface area contributed by atoms with E-state index in [9.17, 15) is 10.1 Å². The van der Waals surface area contributed by atoms with Gasteiger partial charge in [0.05, 0.1) is 23.0 Å². The minimum Gasteiger partial charge on any atom is -0.473 e. The fourth-order valence-corrected chi connectivity index (χ4v) is 9.43. The number of pyridine rings is 1. The number of ether oxygens (including phenoxy) is 1. The van der Waals surface area contributed by atoms with E-state index in [-0.39, 0.29) is 29.8 Å². The van der Waals surface area contributed by atoms with Crippen LogP contribution in [0.25, 0.3) is 17.4 Å². The number of nitrogens with one attached hydrogen (secondary N) is 1. The normalized spacial score (nSPS) is 21.1. The first-order valence-electron chi connectivity index (χ1n) is 17.6. The quantitative estimate of drug-likeness (QED) is 0.208. The van der Waals surface area contributed by atoms with Gasteiger partial charge in [0, 0.05) is 40.4 Å². The average molecular weight is 705 g/mol. The molecule has 4 atom stereocenters. The summed E-state index contributed by atoms with van der Waals surface area (Å²) in [6, 6.07) is 11.3. The van der Waals surface area contributed by atoms with Crippen molar-refractivity contribution in [1.82, 2.24) is 40.1 Å². The maximum absolute atomic E-state index is 13.2. The lowest BCUT2D eigenvalue weighted by Crippen LogP contribution is -2.38. The fraction of sp³-hybridized carbons (Fsp3) is 0.432. The first-order chi connectivity index (χ1) is 24.8. The molecular weight excluding hydrogens is 665 g/mol. The number of hydrogen-bond donors (Lipinski definition) is 2. The van der Waals surface area contributed by atoms with Crippen molar-refractivity contribution in [2.24, 2.45) is 0 Å². The Labute approximate surface area is 299 Å². The van der Waals surface area contributed by atoms with E-state index in [1.165, 1.54) is 16.2 Å². The number of nitrogen functional groups attached to an aromatic ring is 1. The number of amides is 1. The Morgan fingerprint density at radius 2 is 2.04 bits per heavy atom. The molecule has 2 aliphatic carbocycles. The SMILES string of the molecule is C[C@H](NC(=O)c1ccn(-c2cc(O[C@@H](C)[C@@H]3CCCN3C)nc(-c3onc4c3CCC[C@@]43CCCc4sc(N)c(C#N)c43)n2)n1)c1ccccn1. The van der Waals surface area contributed by atoms with Crippen LogP contribution in [0.15, 0.2) is 47.2 Å². The average Bonchev–Trinajstić information content (AvgIpc) is 3.95. The van der Waals surface area contributed by atoms with Crippen molar-refractivity contribution in [3.63, 3.8) is 0 Å². The summed E-state index contributed by atoms with van der Waals surface area (Å²) >= 11 is 1.52. The zero-order chi connectivity index (χ0) is 35.3. The number of aromatic nitrogens is 6. The van der Waals surface area contributed by atoms with Crippen molar-refractivity contribution < 1.29 is 14.1 Å². The molecule has 1 aliphatic heterocycles. The highest BCUT2D eigenvalue weighted by atomic mass is 32.1. The van der Waals surface area contributed by atoms with Crippen LogP contribution < -0.4 is 15.8 Å². The molecule has 1 fully saturated rings. The number of nitriles is 1. The third-order valence-electron chi connectivity index (χ3n) is 10.7. The molecule has 5 aromatic rings. The minimum atomic E-state index is -0.447. The number of nitrogens with two attached hydrogens (primary N) is 1. The van der Waals surface area contributed by atoms with Crippen LogP contribution in [0.2, 0.25) is 0 Å². The molecule has 0 saturated carbocycles. The summed E-state index contributed by atoms with van der Waals surface area (Å²) in [6.45, 7) is 4.96. The predicted octanol–water partition coefficient (Wildman–Crippen LogP) is 5.54. The van der Waals surface area contributed by atoms with Crippen molar-refractivity contribution in [1.29, 1.82) is 5.26 Å². The Kier molecular flexibility index (Phi) is 8.55. The van der Waals surface area contributed by atoms with Gasteiger partial charge in [-0.3, -0.25) is 14.7 Å². The highest BCUT2D eigenvalue weighted by molar-refractivity contribution is 7.16. The highest BCUT2D eigenvalue weighted by Crippen LogP contribution is 2.54. The van der Waals surface area contributed by atoms with Crippen molar-refractivity contribution >= 4 is 22.2 Å². The molecule has 51 heavy (non-hydrogen) atoms. The molecule has 1 spiro atoms. The molecule has 13 nitrogen and oxygen atoms in total. The lowest BCUT2D eigenvalue weighted by atomic mass is 9.62. The van der Waals surface area contributed by atoms with E-state index in [1.54, 1.807) is 29.2 Å². The predicted molar refractivity (Wildman–Crippen MR) is 191 cm³/mol. The number of likely N-dealkylation sites (N-methyl/N-ethyl adjacent to an activating group) is 1. The lowest BCUT2D eigenvalue weighted by Gasteiger charge is -2.39. The highest BCUT2D eigenvalue weighted by Gasteiger charge is 2.48. The molecule has 5 aromatic heterocycles. The number of thiophene rings is 1. The van der Waals surface area contributed by atoms with Gasteiger partial charge in [-0.2, -0.15) is 15.3 Å². The number of hydrogen-bond acceptors (Lipinski definition) is 12. The van der Waals surface area contributed by atoms with Crippen LogP contribution in [-0.2, 0) is 18.3 Å². The van der Waals surface area contributed by atoms with E-state index < -0.39 is 5.41 Å². The van der Waals surface area contributed by atoms with E-state index in [2.05, 4.69) is 40.3 Å². The molecular formula is C37H40N10O3S. The van der Waals surface area contributed by atoms with Gasteiger partial charge in [-0.05, 0) is 103 Å². The van der Waals surface area contributed by atoms with Gasteiger partial charge in [-0.1, -0.05) is 11.2 Å². The molecule has 262 valence electrons. The molecule has 0 aromatic carbocycles. The molecule has 1 saturated heterocycles. The smallest absolute Gasteiger partial charge is 0.272 e.